The molecule has 2 N–H and O–H groups in total. The van der Waals surface area contributed by atoms with Crippen molar-refractivity contribution in [3.05, 3.63) is 24.0 Å². The molecule has 106 valence electrons. The highest BCUT2D eigenvalue weighted by molar-refractivity contribution is 7.85. The van der Waals surface area contributed by atoms with Crippen molar-refractivity contribution >= 4 is 32.5 Å². The Hall–Kier alpha value is -1.84. The summed E-state index contributed by atoms with van der Waals surface area (Å²) < 4.78 is 31.3. The molecule has 0 aliphatic carbocycles. The monoisotopic (exact) mass is 313 g/mol. The van der Waals surface area contributed by atoms with Crippen LogP contribution in [-0.4, -0.2) is 28.8 Å². The lowest BCUT2D eigenvalue weighted by atomic mass is 10.3. The Labute approximate surface area is 119 Å². The summed E-state index contributed by atoms with van der Waals surface area (Å²) in [7, 11) is -4.28. The number of hydrogen-bond donors (Lipinski definition) is 2. The number of amides is 1. The summed E-state index contributed by atoms with van der Waals surface area (Å²) in [5.41, 5.74) is 0.977. The van der Waals surface area contributed by atoms with Gasteiger partial charge in [-0.3, -0.25) is 14.3 Å². The SMILES string of the molecule is CC(=O)Nc1nc(C)c(-c2cc(S(=O)(=O)O)ccn2)s1. The molecule has 1 amide bonds. The molecule has 9 heteroatoms. The second-order valence-electron chi connectivity index (χ2n) is 3.97. The summed E-state index contributed by atoms with van der Waals surface area (Å²) in [6.45, 7) is 3.09. The molecule has 0 aliphatic rings. The number of aromatic nitrogens is 2. The zero-order valence-electron chi connectivity index (χ0n) is 10.6. The summed E-state index contributed by atoms with van der Waals surface area (Å²) in [4.78, 5) is 19.6. The lowest BCUT2D eigenvalue weighted by Gasteiger charge is -2.00. The van der Waals surface area contributed by atoms with E-state index in [1.54, 1.807) is 6.92 Å². The van der Waals surface area contributed by atoms with Gasteiger partial charge in [0.1, 0.15) is 0 Å². The highest BCUT2D eigenvalue weighted by Crippen LogP contribution is 2.32. The van der Waals surface area contributed by atoms with E-state index in [1.165, 1.54) is 36.6 Å². The third-order valence-corrected chi connectivity index (χ3v) is 4.29. The Morgan fingerprint density at radius 1 is 1.45 bits per heavy atom. The molecular weight excluding hydrogens is 302 g/mol. The molecule has 0 unspecified atom stereocenters. The third-order valence-electron chi connectivity index (χ3n) is 2.34. The van der Waals surface area contributed by atoms with Crippen LogP contribution in [0.5, 0.6) is 0 Å². The van der Waals surface area contributed by atoms with Crippen LogP contribution in [0.3, 0.4) is 0 Å². The highest BCUT2D eigenvalue weighted by atomic mass is 32.2. The topological polar surface area (TPSA) is 109 Å². The molecule has 0 saturated carbocycles. The third kappa shape index (κ3) is 3.18. The maximum atomic E-state index is 11.1. The van der Waals surface area contributed by atoms with E-state index in [-0.39, 0.29) is 10.8 Å². The molecule has 0 saturated heterocycles. The van der Waals surface area contributed by atoms with Crippen molar-refractivity contribution in [2.75, 3.05) is 5.32 Å². The molecule has 0 bridgehead atoms. The number of nitrogens with zero attached hydrogens (tertiary/aromatic N) is 2. The van der Waals surface area contributed by atoms with Crippen LogP contribution in [0.4, 0.5) is 5.13 Å². The number of pyridine rings is 1. The Morgan fingerprint density at radius 3 is 2.75 bits per heavy atom. The van der Waals surface area contributed by atoms with Crippen LogP contribution < -0.4 is 5.32 Å². The molecule has 2 heterocycles. The lowest BCUT2D eigenvalue weighted by molar-refractivity contribution is -0.114. The first-order valence-corrected chi connectivity index (χ1v) is 7.72. The van der Waals surface area contributed by atoms with Crippen molar-refractivity contribution in [2.45, 2.75) is 18.7 Å². The fourth-order valence-corrected chi connectivity index (χ4v) is 3.01. The number of thiazole rings is 1. The number of carbonyl (C=O) groups excluding carboxylic acids is 1. The average Bonchev–Trinajstić information content (AvgIpc) is 2.68. The Morgan fingerprint density at radius 2 is 2.15 bits per heavy atom. The Bertz CT molecular complexity index is 768. The molecule has 2 aromatic rings. The molecule has 0 aliphatic heterocycles. The van der Waals surface area contributed by atoms with Crippen LogP contribution in [0.15, 0.2) is 23.2 Å². The van der Waals surface area contributed by atoms with Crippen molar-refractivity contribution in [2.24, 2.45) is 0 Å². The van der Waals surface area contributed by atoms with Crippen LogP contribution in [0.25, 0.3) is 10.6 Å². The van der Waals surface area contributed by atoms with Crippen molar-refractivity contribution in [3.8, 4) is 10.6 Å². The number of hydrogen-bond acceptors (Lipinski definition) is 6. The van der Waals surface area contributed by atoms with Gasteiger partial charge in [-0.15, -0.1) is 0 Å². The molecule has 20 heavy (non-hydrogen) atoms. The fourth-order valence-electron chi connectivity index (χ4n) is 1.53. The van der Waals surface area contributed by atoms with E-state index < -0.39 is 10.1 Å². The van der Waals surface area contributed by atoms with Gasteiger partial charge in [-0.05, 0) is 19.1 Å². The molecule has 2 aromatic heterocycles. The van der Waals surface area contributed by atoms with Gasteiger partial charge in [0.15, 0.2) is 5.13 Å². The maximum absolute atomic E-state index is 11.1. The van der Waals surface area contributed by atoms with Crippen LogP contribution in [0.2, 0.25) is 0 Å². The van der Waals surface area contributed by atoms with E-state index >= 15 is 0 Å². The smallest absolute Gasteiger partial charge is 0.294 e. The van der Waals surface area contributed by atoms with E-state index in [0.717, 1.165) is 0 Å². The summed E-state index contributed by atoms with van der Waals surface area (Å²) in [6.07, 6.45) is 1.29. The maximum Gasteiger partial charge on any atom is 0.294 e. The van der Waals surface area contributed by atoms with Crippen LogP contribution in [-0.2, 0) is 14.9 Å². The Kier molecular flexibility index (Phi) is 3.84. The number of carbonyl (C=O) groups is 1. The van der Waals surface area contributed by atoms with Crippen molar-refractivity contribution in [1.82, 2.24) is 9.97 Å². The first kappa shape index (κ1) is 14.6. The molecular formula is C11H11N3O4S2. The Balaban J connectivity index is 2.47. The number of rotatable bonds is 3. The van der Waals surface area contributed by atoms with Crippen molar-refractivity contribution < 1.29 is 17.8 Å². The zero-order chi connectivity index (χ0) is 14.9. The van der Waals surface area contributed by atoms with Crippen LogP contribution in [0.1, 0.15) is 12.6 Å². The average molecular weight is 313 g/mol. The van der Waals surface area contributed by atoms with E-state index in [1.807, 2.05) is 0 Å². The molecule has 2 rings (SSSR count). The van der Waals surface area contributed by atoms with E-state index in [9.17, 15) is 13.2 Å². The number of anilines is 1. The van der Waals surface area contributed by atoms with Gasteiger partial charge in [0.2, 0.25) is 5.91 Å². The van der Waals surface area contributed by atoms with Crippen molar-refractivity contribution in [3.63, 3.8) is 0 Å². The first-order chi connectivity index (χ1) is 9.27. The number of aryl methyl sites for hydroxylation is 1. The van der Waals surface area contributed by atoms with Crippen molar-refractivity contribution in [1.29, 1.82) is 0 Å². The largest absolute Gasteiger partial charge is 0.302 e. The molecule has 7 nitrogen and oxygen atoms in total. The van der Waals surface area contributed by atoms with Gasteiger partial charge in [-0.25, -0.2) is 4.98 Å². The van der Waals surface area contributed by atoms with Crippen LogP contribution in [0, 0.1) is 6.92 Å². The van der Waals surface area contributed by atoms with E-state index in [2.05, 4.69) is 15.3 Å². The first-order valence-electron chi connectivity index (χ1n) is 5.46. The summed E-state index contributed by atoms with van der Waals surface area (Å²) in [5, 5.41) is 2.96. The summed E-state index contributed by atoms with van der Waals surface area (Å²) >= 11 is 1.18. The minimum atomic E-state index is -4.28. The molecule has 0 aromatic carbocycles. The molecule has 0 spiro atoms. The fraction of sp³-hybridized carbons (Fsp3) is 0.182. The molecule has 0 atom stereocenters. The second-order valence-corrected chi connectivity index (χ2v) is 6.39. The lowest BCUT2D eigenvalue weighted by Crippen LogP contribution is -2.04. The molecule has 0 radical (unpaired) electrons. The molecule has 0 fully saturated rings. The van der Waals surface area contributed by atoms with E-state index in [4.69, 9.17) is 4.55 Å². The highest BCUT2D eigenvalue weighted by Gasteiger charge is 2.15. The standard InChI is InChI=1S/C11H11N3O4S2/c1-6-10(19-11(13-6)14-7(2)15)9-5-8(3-4-12-9)20(16,17)18/h3-5H,1-2H3,(H,13,14,15)(H,16,17,18). The minimum absolute atomic E-state index is 0.239. The zero-order valence-corrected chi connectivity index (χ0v) is 12.2. The van der Waals surface area contributed by atoms with Gasteiger partial charge in [-0.2, -0.15) is 8.42 Å². The van der Waals surface area contributed by atoms with Crippen LogP contribution >= 0.6 is 11.3 Å². The van der Waals surface area contributed by atoms with Gasteiger partial charge in [-0.1, -0.05) is 11.3 Å². The van der Waals surface area contributed by atoms with Gasteiger partial charge in [0, 0.05) is 13.1 Å². The van der Waals surface area contributed by atoms with Gasteiger partial charge >= 0.3 is 0 Å². The quantitative estimate of drug-likeness (QED) is 0.835. The predicted molar refractivity (Wildman–Crippen MR) is 74.2 cm³/mol. The van der Waals surface area contributed by atoms with Gasteiger partial charge < -0.3 is 5.32 Å². The van der Waals surface area contributed by atoms with Gasteiger partial charge in [0.25, 0.3) is 10.1 Å². The van der Waals surface area contributed by atoms with Gasteiger partial charge in [0.05, 0.1) is 21.2 Å². The normalized spacial score (nSPS) is 11.3. The van der Waals surface area contributed by atoms with E-state index in [0.29, 0.717) is 21.4 Å². The minimum Gasteiger partial charge on any atom is -0.302 e. The summed E-state index contributed by atoms with van der Waals surface area (Å²) in [6, 6.07) is 2.46. The second kappa shape index (κ2) is 5.27. The summed E-state index contributed by atoms with van der Waals surface area (Å²) in [5.74, 6) is -0.245. The number of nitrogens with one attached hydrogen (secondary N) is 1. The predicted octanol–water partition coefficient (Wildman–Crippen LogP) is 1.72.